The summed E-state index contributed by atoms with van der Waals surface area (Å²) in [5.74, 6) is 0.833. The van der Waals surface area contributed by atoms with Crippen molar-refractivity contribution in [1.29, 1.82) is 0 Å². The number of aliphatic hydroxyl groups excluding tert-OH is 2. The number of ketones is 1. The fraction of sp³-hybridized carbons (Fsp3) is 0.400. The van der Waals surface area contributed by atoms with E-state index in [2.05, 4.69) is 36.9 Å². The zero-order chi connectivity index (χ0) is 21.3. The molecule has 1 aliphatic carbocycles. The first-order valence-corrected chi connectivity index (χ1v) is 10.6. The Balaban J connectivity index is 1.54. The van der Waals surface area contributed by atoms with E-state index in [0.717, 1.165) is 35.2 Å². The third kappa shape index (κ3) is 4.06. The molecule has 2 aromatic carbocycles. The quantitative estimate of drug-likeness (QED) is 0.691. The van der Waals surface area contributed by atoms with Gasteiger partial charge in [0, 0.05) is 36.7 Å². The number of allylic oxidation sites excluding steroid dienone is 1. The lowest BCUT2D eigenvalue weighted by atomic mass is 9.98. The van der Waals surface area contributed by atoms with E-state index in [0.29, 0.717) is 30.9 Å². The molecule has 5 heteroatoms. The van der Waals surface area contributed by atoms with E-state index in [4.69, 9.17) is 9.84 Å². The summed E-state index contributed by atoms with van der Waals surface area (Å²) in [6.07, 6.45) is 0.565. The van der Waals surface area contributed by atoms with Gasteiger partial charge in [-0.3, -0.25) is 9.69 Å². The predicted molar refractivity (Wildman–Crippen MR) is 117 cm³/mol. The molecule has 2 aromatic rings. The summed E-state index contributed by atoms with van der Waals surface area (Å²) in [7, 11) is 0. The van der Waals surface area contributed by atoms with Crippen LogP contribution in [0.25, 0.3) is 11.3 Å². The van der Waals surface area contributed by atoms with E-state index < -0.39 is 6.10 Å². The van der Waals surface area contributed by atoms with Crippen molar-refractivity contribution < 1.29 is 19.7 Å². The third-order valence-electron chi connectivity index (χ3n) is 6.00. The maximum atomic E-state index is 12.7. The lowest BCUT2D eigenvalue weighted by Gasteiger charge is -2.28. The maximum absolute atomic E-state index is 12.7. The molecule has 158 valence electrons. The second kappa shape index (κ2) is 8.72. The first-order valence-electron chi connectivity index (χ1n) is 10.6. The number of carbonyl (C=O) groups is 1. The van der Waals surface area contributed by atoms with Gasteiger partial charge in [-0.2, -0.15) is 0 Å². The van der Waals surface area contributed by atoms with Crippen LogP contribution in [-0.4, -0.2) is 52.7 Å². The van der Waals surface area contributed by atoms with E-state index >= 15 is 0 Å². The van der Waals surface area contributed by atoms with E-state index in [9.17, 15) is 9.90 Å². The zero-order valence-electron chi connectivity index (χ0n) is 17.6. The molecule has 0 bridgehead atoms. The molecule has 4 rings (SSSR count). The monoisotopic (exact) mass is 407 g/mol. The van der Waals surface area contributed by atoms with Crippen LogP contribution in [0.5, 0.6) is 0 Å². The van der Waals surface area contributed by atoms with Crippen molar-refractivity contribution in [3.05, 3.63) is 70.3 Å². The molecule has 2 N–H and O–H groups in total. The minimum atomic E-state index is -0.721. The molecule has 1 atom stereocenters. The SMILES string of the molecule is CC(C)N(CCc1ccc2c(c1)CO/C2=C1/C(=O)Cc2ccccc21)C[C@H](O)CO. The molecule has 0 unspecified atom stereocenters. The molecule has 0 spiro atoms. The van der Waals surface area contributed by atoms with Crippen molar-refractivity contribution in [3.63, 3.8) is 0 Å². The fourth-order valence-electron chi connectivity index (χ4n) is 4.32. The number of carbonyl (C=O) groups excluding carboxylic acids is 1. The molecule has 5 nitrogen and oxygen atoms in total. The Kier molecular flexibility index (Phi) is 6.04. The van der Waals surface area contributed by atoms with E-state index in [1.807, 2.05) is 24.3 Å². The van der Waals surface area contributed by atoms with Crippen LogP contribution in [0.4, 0.5) is 0 Å². The number of Topliss-reactive ketones (excluding diaryl/α,β-unsaturated/α-hetero) is 1. The van der Waals surface area contributed by atoms with E-state index in [1.165, 1.54) is 5.56 Å². The van der Waals surface area contributed by atoms with Crippen molar-refractivity contribution in [2.45, 2.75) is 45.4 Å². The number of nitrogens with zero attached hydrogens (tertiary/aromatic N) is 1. The van der Waals surface area contributed by atoms with Crippen LogP contribution in [0.3, 0.4) is 0 Å². The molecule has 0 saturated carbocycles. The van der Waals surface area contributed by atoms with Crippen LogP contribution in [0.2, 0.25) is 0 Å². The Bertz CT molecular complexity index is 979. The number of hydrogen-bond donors (Lipinski definition) is 2. The smallest absolute Gasteiger partial charge is 0.171 e. The number of rotatable bonds is 7. The maximum Gasteiger partial charge on any atom is 0.171 e. The average Bonchev–Trinajstić information content (AvgIpc) is 3.29. The molecule has 1 heterocycles. The van der Waals surface area contributed by atoms with Crippen molar-refractivity contribution in [3.8, 4) is 0 Å². The molecule has 0 amide bonds. The van der Waals surface area contributed by atoms with Crippen LogP contribution < -0.4 is 0 Å². The lowest BCUT2D eigenvalue weighted by molar-refractivity contribution is -0.112. The minimum absolute atomic E-state index is 0.123. The number of ether oxygens (including phenoxy) is 1. The first kappa shape index (κ1) is 20.8. The van der Waals surface area contributed by atoms with Crippen LogP contribution >= 0.6 is 0 Å². The largest absolute Gasteiger partial charge is 0.487 e. The van der Waals surface area contributed by atoms with Crippen molar-refractivity contribution in [2.24, 2.45) is 0 Å². The number of aliphatic hydroxyl groups is 2. The summed E-state index contributed by atoms with van der Waals surface area (Å²) in [6.45, 7) is 5.70. The van der Waals surface area contributed by atoms with Crippen molar-refractivity contribution in [1.82, 2.24) is 4.90 Å². The van der Waals surface area contributed by atoms with Crippen LogP contribution in [0, 0.1) is 0 Å². The van der Waals surface area contributed by atoms with Gasteiger partial charge >= 0.3 is 0 Å². The first-order chi connectivity index (χ1) is 14.5. The Morgan fingerprint density at radius 3 is 2.67 bits per heavy atom. The van der Waals surface area contributed by atoms with Gasteiger partial charge in [0.1, 0.15) is 12.4 Å². The van der Waals surface area contributed by atoms with Gasteiger partial charge in [-0.15, -0.1) is 0 Å². The lowest BCUT2D eigenvalue weighted by Crippen LogP contribution is -2.40. The second-order valence-corrected chi connectivity index (χ2v) is 8.42. The Morgan fingerprint density at radius 2 is 1.90 bits per heavy atom. The summed E-state index contributed by atoms with van der Waals surface area (Å²) < 4.78 is 6.01. The van der Waals surface area contributed by atoms with Gasteiger partial charge in [0.05, 0.1) is 18.3 Å². The standard InChI is InChI=1S/C25H29NO4/c1-16(2)26(13-20(28)14-27)10-9-17-7-8-22-19(11-17)15-30-25(22)24-21-6-4-3-5-18(21)12-23(24)29/h3-8,11,16,20,27-28H,9-10,12-15H2,1-2H3/b25-24+/t20-/m0/s1. The topological polar surface area (TPSA) is 70.0 Å². The highest BCUT2D eigenvalue weighted by Gasteiger charge is 2.32. The Labute approximate surface area is 177 Å². The van der Waals surface area contributed by atoms with Crippen LogP contribution in [0.1, 0.15) is 41.7 Å². The van der Waals surface area contributed by atoms with Gasteiger partial charge in [-0.25, -0.2) is 0 Å². The number of fused-ring (bicyclic) bond motifs is 2. The molecule has 0 aromatic heterocycles. The summed E-state index contributed by atoms with van der Waals surface area (Å²) in [5, 5.41) is 18.9. The normalized spacial score (nSPS) is 18.7. The second-order valence-electron chi connectivity index (χ2n) is 8.42. The molecular formula is C25H29NO4. The molecule has 30 heavy (non-hydrogen) atoms. The highest BCUT2D eigenvalue weighted by Crippen LogP contribution is 2.40. The third-order valence-corrected chi connectivity index (χ3v) is 6.00. The Morgan fingerprint density at radius 1 is 1.10 bits per heavy atom. The zero-order valence-corrected chi connectivity index (χ0v) is 17.6. The number of benzene rings is 2. The summed E-state index contributed by atoms with van der Waals surface area (Å²) >= 11 is 0. The van der Waals surface area contributed by atoms with E-state index in [1.54, 1.807) is 0 Å². The molecule has 0 radical (unpaired) electrons. The highest BCUT2D eigenvalue weighted by molar-refractivity contribution is 6.31. The van der Waals surface area contributed by atoms with Crippen LogP contribution in [0.15, 0.2) is 42.5 Å². The van der Waals surface area contributed by atoms with E-state index in [-0.39, 0.29) is 18.4 Å². The van der Waals surface area contributed by atoms with Gasteiger partial charge < -0.3 is 14.9 Å². The molecule has 0 saturated heterocycles. The minimum Gasteiger partial charge on any atom is -0.487 e. The van der Waals surface area contributed by atoms with Gasteiger partial charge in [0.25, 0.3) is 0 Å². The van der Waals surface area contributed by atoms with Gasteiger partial charge in [-0.1, -0.05) is 42.5 Å². The number of hydrogen-bond acceptors (Lipinski definition) is 5. The fourth-order valence-corrected chi connectivity index (χ4v) is 4.32. The molecule has 0 fully saturated rings. The van der Waals surface area contributed by atoms with Gasteiger partial charge in [-0.05, 0) is 37.0 Å². The van der Waals surface area contributed by atoms with Gasteiger partial charge in [0.15, 0.2) is 5.78 Å². The molecule has 2 aliphatic rings. The summed E-state index contributed by atoms with van der Waals surface area (Å²) in [4.78, 5) is 14.8. The van der Waals surface area contributed by atoms with Crippen molar-refractivity contribution >= 4 is 17.1 Å². The highest BCUT2D eigenvalue weighted by atomic mass is 16.5. The average molecular weight is 408 g/mol. The summed E-state index contributed by atoms with van der Waals surface area (Å²) in [5.41, 5.74) is 6.09. The molecule has 1 aliphatic heterocycles. The summed E-state index contributed by atoms with van der Waals surface area (Å²) in [6, 6.07) is 14.6. The van der Waals surface area contributed by atoms with Gasteiger partial charge in [0.2, 0.25) is 0 Å². The predicted octanol–water partition coefficient (Wildman–Crippen LogP) is 2.82. The molecular weight excluding hydrogens is 378 g/mol. The van der Waals surface area contributed by atoms with Crippen molar-refractivity contribution in [2.75, 3.05) is 19.7 Å². The van der Waals surface area contributed by atoms with Crippen LogP contribution in [-0.2, 0) is 29.0 Å². The Hall–Kier alpha value is -2.47.